The summed E-state index contributed by atoms with van der Waals surface area (Å²) in [6.07, 6.45) is 3.78. The number of hydrogen-bond donors (Lipinski definition) is 2. The van der Waals surface area contributed by atoms with Gasteiger partial charge in [0.15, 0.2) is 0 Å². The van der Waals surface area contributed by atoms with Crippen LogP contribution in [-0.4, -0.2) is 49.2 Å². The zero-order chi connectivity index (χ0) is 18.5. The fourth-order valence-electron chi connectivity index (χ4n) is 3.87. The van der Waals surface area contributed by atoms with Crippen LogP contribution in [0.15, 0.2) is 18.2 Å². The van der Waals surface area contributed by atoms with Gasteiger partial charge in [-0.25, -0.2) is 4.79 Å². The summed E-state index contributed by atoms with van der Waals surface area (Å²) in [5, 5.41) is 5.96. The fraction of sp³-hybridized carbons (Fsp3) is 0.600. The van der Waals surface area contributed by atoms with Crippen LogP contribution in [0, 0.1) is 19.8 Å². The number of hydrogen-bond acceptors (Lipinski definition) is 3. The zero-order valence-corrected chi connectivity index (χ0v) is 15.7. The summed E-state index contributed by atoms with van der Waals surface area (Å²) in [4.78, 5) is 27.4. The highest BCUT2D eigenvalue weighted by molar-refractivity contribution is 5.90. The van der Waals surface area contributed by atoms with Crippen molar-refractivity contribution in [2.75, 3.05) is 31.6 Å². The molecule has 6 nitrogen and oxygen atoms in total. The molecule has 2 atom stereocenters. The molecule has 0 spiro atoms. The van der Waals surface area contributed by atoms with E-state index in [-0.39, 0.29) is 23.9 Å². The summed E-state index contributed by atoms with van der Waals surface area (Å²) >= 11 is 0. The number of aryl methyl sites for hydroxylation is 2. The smallest absolute Gasteiger partial charge is 0.322 e. The predicted octanol–water partition coefficient (Wildman–Crippen LogP) is 2.84. The Bertz CT molecular complexity index is 662. The third kappa shape index (κ3) is 4.36. The van der Waals surface area contributed by atoms with Gasteiger partial charge < -0.3 is 20.3 Å². The van der Waals surface area contributed by atoms with Crippen molar-refractivity contribution in [1.82, 2.24) is 10.2 Å². The van der Waals surface area contributed by atoms with Crippen LogP contribution in [-0.2, 0) is 9.53 Å². The average molecular weight is 359 g/mol. The lowest BCUT2D eigenvalue weighted by Crippen LogP contribution is -2.54. The van der Waals surface area contributed by atoms with E-state index in [1.54, 1.807) is 0 Å². The highest BCUT2D eigenvalue weighted by Crippen LogP contribution is 2.29. The molecule has 2 N–H and O–H groups in total. The second-order valence-corrected chi connectivity index (χ2v) is 7.28. The number of ether oxygens (including phenoxy) is 1. The number of rotatable bonds is 1. The maximum Gasteiger partial charge on any atom is 0.322 e. The molecule has 1 heterocycles. The lowest BCUT2D eigenvalue weighted by molar-refractivity contribution is -0.128. The van der Waals surface area contributed by atoms with Crippen LogP contribution in [0.1, 0.15) is 36.8 Å². The number of nitrogens with zero attached hydrogens (tertiary/aromatic N) is 1. The lowest BCUT2D eigenvalue weighted by Gasteiger charge is -2.39. The normalized spacial score (nSPS) is 24.4. The maximum atomic E-state index is 13.0. The van der Waals surface area contributed by atoms with Crippen LogP contribution in [0.4, 0.5) is 10.5 Å². The monoisotopic (exact) mass is 359 g/mol. The molecule has 0 bridgehead atoms. The fourth-order valence-corrected chi connectivity index (χ4v) is 3.87. The Morgan fingerprint density at radius 1 is 1.19 bits per heavy atom. The minimum atomic E-state index is -0.151. The van der Waals surface area contributed by atoms with Crippen molar-refractivity contribution in [2.24, 2.45) is 5.92 Å². The first-order valence-electron chi connectivity index (χ1n) is 9.56. The number of nitrogens with one attached hydrogen (secondary N) is 2. The standard InChI is InChI=1S/C20H29N3O3/c1-14-7-8-16(13-15(14)2)22-20(25)23-10-12-26-11-9-21-19(24)17-5-3-4-6-18(17)23/h7-8,13,17-18H,3-6,9-12H2,1-2H3,(H,21,24)(H,22,25)/t17-,18+/m0/s1. The number of benzene rings is 1. The minimum absolute atomic E-state index is 0.0455. The van der Waals surface area contributed by atoms with Crippen LogP contribution >= 0.6 is 0 Å². The van der Waals surface area contributed by atoms with E-state index in [4.69, 9.17) is 4.74 Å². The van der Waals surface area contributed by atoms with Gasteiger partial charge in [-0.15, -0.1) is 0 Å². The first-order valence-corrected chi connectivity index (χ1v) is 9.56. The Morgan fingerprint density at radius 2 is 2.00 bits per heavy atom. The van der Waals surface area contributed by atoms with E-state index in [9.17, 15) is 9.59 Å². The number of amides is 3. The average Bonchev–Trinajstić information content (AvgIpc) is 2.64. The molecule has 3 rings (SSSR count). The predicted molar refractivity (Wildman–Crippen MR) is 101 cm³/mol. The van der Waals surface area contributed by atoms with Gasteiger partial charge in [0.25, 0.3) is 0 Å². The number of urea groups is 1. The maximum absolute atomic E-state index is 13.0. The number of carbonyl (C=O) groups is 2. The molecule has 0 aromatic heterocycles. The summed E-state index contributed by atoms with van der Waals surface area (Å²) in [5.41, 5.74) is 3.12. The quantitative estimate of drug-likeness (QED) is 0.810. The van der Waals surface area contributed by atoms with Crippen molar-refractivity contribution >= 4 is 17.6 Å². The minimum Gasteiger partial charge on any atom is -0.378 e. The molecule has 1 aromatic rings. The molecule has 1 saturated heterocycles. The van der Waals surface area contributed by atoms with Crippen molar-refractivity contribution in [2.45, 2.75) is 45.6 Å². The van der Waals surface area contributed by atoms with Crippen LogP contribution in [0.5, 0.6) is 0 Å². The molecular weight excluding hydrogens is 330 g/mol. The second-order valence-electron chi connectivity index (χ2n) is 7.28. The van der Waals surface area contributed by atoms with Gasteiger partial charge in [-0.3, -0.25) is 4.79 Å². The van der Waals surface area contributed by atoms with Crippen LogP contribution in [0.2, 0.25) is 0 Å². The highest BCUT2D eigenvalue weighted by atomic mass is 16.5. The van der Waals surface area contributed by atoms with E-state index in [2.05, 4.69) is 10.6 Å². The Balaban J connectivity index is 1.79. The molecule has 1 aromatic carbocycles. The van der Waals surface area contributed by atoms with E-state index in [1.807, 2.05) is 36.9 Å². The number of fused-ring (bicyclic) bond motifs is 1. The van der Waals surface area contributed by atoms with Crippen molar-refractivity contribution in [3.05, 3.63) is 29.3 Å². The molecule has 1 aliphatic heterocycles. The topological polar surface area (TPSA) is 70.7 Å². The van der Waals surface area contributed by atoms with E-state index in [1.165, 1.54) is 5.56 Å². The van der Waals surface area contributed by atoms with Crippen LogP contribution < -0.4 is 10.6 Å². The van der Waals surface area contributed by atoms with Crippen LogP contribution in [0.3, 0.4) is 0 Å². The lowest BCUT2D eigenvalue weighted by atomic mass is 9.82. The summed E-state index contributed by atoms with van der Waals surface area (Å²) in [7, 11) is 0. The van der Waals surface area contributed by atoms with E-state index in [0.29, 0.717) is 26.3 Å². The SMILES string of the molecule is Cc1ccc(NC(=O)N2CCOCCNC(=O)[C@H]3CCCC[C@H]32)cc1C. The van der Waals surface area contributed by atoms with Crippen molar-refractivity contribution < 1.29 is 14.3 Å². The van der Waals surface area contributed by atoms with E-state index < -0.39 is 0 Å². The molecule has 2 fully saturated rings. The van der Waals surface area contributed by atoms with Crippen molar-refractivity contribution in [3.63, 3.8) is 0 Å². The number of carbonyl (C=O) groups excluding carboxylic acids is 2. The molecule has 2 aliphatic rings. The molecule has 1 saturated carbocycles. The molecule has 0 unspecified atom stereocenters. The van der Waals surface area contributed by atoms with Gasteiger partial charge in [-0.2, -0.15) is 0 Å². The van der Waals surface area contributed by atoms with E-state index in [0.717, 1.165) is 36.9 Å². The third-order valence-electron chi connectivity index (χ3n) is 5.51. The Morgan fingerprint density at radius 3 is 2.81 bits per heavy atom. The second kappa shape index (κ2) is 8.54. The molecule has 142 valence electrons. The van der Waals surface area contributed by atoms with Gasteiger partial charge in [-0.05, 0) is 49.9 Å². The summed E-state index contributed by atoms with van der Waals surface area (Å²) in [5.74, 6) is -0.0865. The Hall–Kier alpha value is -2.08. The first-order chi connectivity index (χ1) is 12.6. The van der Waals surface area contributed by atoms with Crippen molar-refractivity contribution in [1.29, 1.82) is 0 Å². The van der Waals surface area contributed by atoms with Gasteiger partial charge in [0.05, 0.1) is 19.1 Å². The highest BCUT2D eigenvalue weighted by Gasteiger charge is 2.37. The third-order valence-corrected chi connectivity index (χ3v) is 5.51. The largest absolute Gasteiger partial charge is 0.378 e. The number of anilines is 1. The van der Waals surface area contributed by atoms with Crippen molar-refractivity contribution in [3.8, 4) is 0 Å². The van der Waals surface area contributed by atoms with Gasteiger partial charge in [-0.1, -0.05) is 18.9 Å². The molecule has 0 radical (unpaired) electrons. The molecule has 6 heteroatoms. The first kappa shape index (κ1) is 18.7. The summed E-state index contributed by atoms with van der Waals surface area (Å²) < 4.78 is 5.57. The molecule has 3 amide bonds. The molecular formula is C20H29N3O3. The van der Waals surface area contributed by atoms with Gasteiger partial charge in [0, 0.05) is 24.8 Å². The molecule has 26 heavy (non-hydrogen) atoms. The Labute approximate surface area is 155 Å². The van der Waals surface area contributed by atoms with Crippen LogP contribution in [0.25, 0.3) is 0 Å². The summed E-state index contributed by atoms with van der Waals surface area (Å²) in [6, 6.07) is 5.69. The van der Waals surface area contributed by atoms with Gasteiger partial charge in [0.2, 0.25) is 5.91 Å². The zero-order valence-electron chi connectivity index (χ0n) is 15.7. The Kier molecular flexibility index (Phi) is 6.14. The van der Waals surface area contributed by atoms with E-state index >= 15 is 0 Å². The summed E-state index contributed by atoms with van der Waals surface area (Å²) in [6.45, 7) is 6.09. The van der Waals surface area contributed by atoms with Gasteiger partial charge >= 0.3 is 6.03 Å². The van der Waals surface area contributed by atoms with Gasteiger partial charge in [0.1, 0.15) is 0 Å². The molecule has 1 aliphatic carbocycles.